The maximum Gasteiger partial charge on any atom is 0.414 e. The van der Waals surface area contributed by atoms with Crippen LogP contribution in [0.2, 0.25) is 0 Å². The number of aromatic nitrogens is 2. The molecule has 1 unspecified atom stereocenters. The summed E-state index contributed by atoms with van der Waals surface area (Å²) < 4.78 is 11.1. The van der Waals surface area contributed by atoms with E-state index in [0.717, 1.165) is 5.56 Å². The van der Waals surface area contributed by atoms with Crippen LogP contribution in [0, 0.1) is 6.92 Å². The fourth-order valence-electron chi connectivity index (χ4n) is 2.39. The summed E-state index contributed by atoms with van der Waals surface area (Å²) in [6.07, 6.45) is -0.876. The van der Waals surface area contributed by atoms with Crippen molar-refractivity contribution in [2.24, 2.45) is 0 Å². The molecule has 2 aromatic rings. The lowest BCUT2D eigenvalue weighted by molar-refractivity contribution is 0.140. The zero-order valence-electron chi connectivity index (χ0n) is 13.6. The first-order chi connectivity index (χ1) is 12.0. The molecule has 1 aromatic carbocycles. The molecule has 1 saturated heterocycles. The van der Waals surface area contributed by atoms with Crippen molar-refractivity contribution in [1.82, 2.24) is 20.8 Å². The number of anilines is 1. The first-order valence-electron chi connectivity index (χ1n) is 7.52. The number of ether oxygens (including phenoxy) is 1. The van der Waals surface area contributed by atoms with E-state index in [1.54, 1.807) is 25.1 Å². The maximum atomic E-state index is 12.1. The van der Waals surface area contributed by atoms with Gasteiger partial charge in [-0.2, -0.15) is 4.98 Å². The predicted molar refractivity (Wildman–Crippen MR) is 92.2 cm³/mol. The number of cyclic esters (lactones) is 1. The van der Waals surface area contributed by atoms with Gasteiger partial charge in [-0.25, -0.2) is 9.59 Å². The Morgan fingerprint density at radius 2 is 2.28 bits per heavy atom. The van der Waals surface area contributed by atoms with Gasteiger partial charge in [-0.3, -0.25) is 4.90 Å². The number of amides is 3. The summed E-state index contributed by atoms with van der Waals surface area (Å²) in [7, 11) is 1.52. The van der Waals surface area contributed by atoms with Gasteiger partial charge < -0.3 is 19.9 Å². The van der Waals surface area contributed by atoms with E-state index in [0.29, 0.717) is 28.4 Å². The summed E-state index contributed by atoms with van der Waals surface area (Å²) in [4.78, 5) is 29.0. The van der Waals surface area contributed by atoms with Crippen molar-refractivity contribution in [3.8, 4) is 11.5 Å². The number of carbonyl (C=O) groups excluding carboxylic acids is 2. The van der Waals surface area contributed by atoms with E-state index in [2.05, 4.69) is 36.7 Å². The molecule has 0 bridgehead atoms. The third-order valence-corrected chi connectivity index (χ3v) is 4.27. The van der Waals surface area contributed by atoms with Crippen LogP contribution in [-0.4, -0.2) is 48.5 Å². The van der Waals surface area contributed by atoms with E-state index in [9.17, 15) is 9.59 Å². The summed E-state index contributed by atoms with van der Waals surface area (Å²) in [5, 5.41) is 8.83. The first-order valence-corrected chi connectivity index (χ1v) is 8.31. The van der Waals surface area contributed by atoms with Crippen LogP contribution in [0.3, 0.4) is 0 Å². The number of aryl methyl sites for hydroxylation is 1. The van der Waals surface area contributed by atoms with Gasteiger partial charge in [-0.05, 0) is 41.1 Å². The van der Waals surface area contributed by atoms with Crippen LogP contribution in [0.5, 0.6) is 0 Å². The van der Waals surface area contributed by atoms with E-state index >= 15 is 0 Å². The Labute approximate surface area is 151 Å². The molecule has 3 amide bonds. The van der Waals surface area contributed by atoms with Gasteiger partial charge in [-0.15, -0.1) is 0 Å². The van der Waals surface area contributed by atoms with Crippen molar-refractivity contribution < 1.29 is 18.8 Å². The maximum absolute atomic E-state index is 12.1. The summed E-state index contributed by atoms with van der Waals surface area (Å²) in [5.74, 6) is 0.938. The highest BCUT2D eigenvalue weighted by Gasteiger charge is 2.32. The van der Waals surface area contributed by atoms with Gasteiger partial charge in [0, 0.05) is 17.2 Å². The monoisotopic (exact) mass is 409 g/mol. The van der Waals surface area contributed by atoms with Crippen molar-refractivity contribution in [1.29, 1.82) is 0 Å². The Morgan fingerprint density at radius 1 is 1.48 bits per heavy atom. The SMILES string of the molecule is CNC(=O)NCC1CN(c2ccc(-c3nc(C)no3)c(Br)c2)C(=O)O1. The number of hydrogen-bond acceptors (Lipinski definition) is 6. The molecule has 1 atom stereocenters. The number of carbonyl (C=O) groups is 2. The van der Waals surface area contributed by atoms with E-state index in [-0.39, 0.29) is 12.6 Å². The Bertz CT molecular complexity index is 809. The van der Waals surface area contributed by atoms with Gasteiger partial charge >= 0.3 is 12.1 Å². The molecular formula is C15H16BrN5O4. The minimum atomic E-state index is -0.461. The average Bonchev–Trinajstić information content (AvgIpc) is 3.18. The zero-order valence-corrected chi connectivity index (χ0v) is 15.2. The molecule has 132 valence electrons. The second kappa shape index (κ2) is 7.09. The number of benzene rings is 1. The van der Waals surface area contributed by atoms with Gasteiger partial charge in [0.15, 0.2) is 5.82 Å². The second-order valence-corrected chi connectivity index (χ2v) is 6.24. The summed E-state index contributed by atoms with van der Waals surface area (Å²) >= 11 is 3.46. The Kier molecular flexibility index (Phi) is 4.88. The molecule has 0 radical (unpaired) electrons. The molecular weight excluding hydrogens is 394 g/mol. The van der Waals surface area contributed by atoms with Crippen LogP contribution in [-0.2, 0) is 4.74 Å². The fourth-order valence-corrected chi connectivity index (χ4v) is 2.92. The summed E-state index contributed by atoms with van der Waals surface area (Å²) in [5.41, 5.74) is 1.40. The van der Waals surface area contributed by atoms with Gasteiger partial charge in [0.2, 0.25) is 0 Å². The number of rotatable bonds is 4. The Morgan fingerprint density at radius 3 is 2.92 bits per heavy atom. The molecule has 0 aliphatic carbocycles. The van der Waals surface area contributed by atoms with Crippen molar-refractivity contribution >= 4 is 33.7 Å². The molecule has 1 fully saturated rings. The third-order valence-electron chi connectivity index (χ3n) is 3.61. The van der Waals surface area contributed by atoms with Crippen LogP contribution in [0.1, 0.15) is 5.82 Å². The molecule has 9 nitrogen and oxygen atoms in total. The molecule has 0 spiro atoms. The van der Waals surface area contributed by atoms with E-state index in [1.807, 2.05) is 0 Å². The lowest BCUT2D eigenvalue weighted by Gasteiger charge is -2.14. The average molecular weight is 410 g/mol. The van der Waals surface area contributed by atoms with Gasteiger partial charge in [0.05, 0.1) is 18.7 Å². The molecule has 0 saturated carbocycles. The largest absolute Gasteiger partial charge is 0.442 e. The van der Waals surface area contributed by atoms with Crippen LogP contribution in [0.15, 0.2) is 27.2 Å². The Hall–Kier alpha value is -2.62. The molecule has 2 N–H and O–H groups in total. The van der Waals surface area contributed by atoms with Crippen molar-refractivity contribution in [2.45, 2.75) is 13.0 Å². The van der Waals surface area contributed by atoms with Gasteiger partial charge in [0.25, 0.3) is 5.89 Å². The number of halogens is 1. The summed E-state index contributed by atoms with van der Waals surface area (Å²) in [6.45, 7) is 2.32. The molecule has 1 aliphatic rings. The molecule has 2 heterocycles. The number of hydrogen-bond donors (Lipinski definition) is 2. The van der Waals surface area contributed by atoms with Crippen LogP contribution >= 0.6 is 15.9 Å². The predicted octanol–water partition coefficient (Wildman–Crippen LogP) is 2.06. The lowest BCUT2D eigenvalue weighted by Crippen LogP contribution is -2.39. The highest BCUT2D eigenvalue weighted by Crippen LogP contribution is 2.32. The highest BCUT2D eigenvalue weighted by molar-refractivity contribution is 9.10. The van der Waals surface area contributed by atoms with Crippen LogP contribution in [0.25, 0.3) is 11.5 Å². The van der Waals surface area contributed by atoms with Gasteiger partial charge in [0.1, 0.15) is 6.10 Å². The van der Waals surface area contributed by atoms with Crippen molar-refractivity contribution in [3.05, 3.63) is 28.5 Å². The van der Waals surface area contributed by atoms with E-state index < -0.39 is 12.2 Å². The third kappa shape index (κ3) is 3.73. The molecule has 10 heteroatoms. The zero-order chi connectivity index (χ0) is 18.0. The molecule has 25 heavy (non-hydrogen) atoms. The number of nitrogens with zero attached hydrogens (tertiary/aromatic N) is 3. The fraction of sp³-hybridized carbons (Fsp3) is 0.333. The van der Waals surface area contributed by atoms with Crippen molar-refractivity contribution in [2.75, 3.05) is 25.0 Å². The van der Waals surface area contributed by atoms with Gasteiger partial charge in [-0.1, -0.05) is 5.16 Å². The lowest BCUT2D eigenvalue weighted by atomic mass is 10.2. The highest BCUT2D eigenvalue weighted by atomic mass is 79.9. The minimum Gasteiger partial charge on any atom is -0.442 e. The number of urea groups is 1. The minimum absolute atomic E-state index is 0.239. The van der Waals surface area contributed by atoms with E-state index in [1.165, 1.54) is 11.9 Å². The topological polar surface area (TPSA) is 110 Å². The van der Waals surface area contributed by atoms with Crippen LogP contribution in [0.4, 0.5) is 15.3 Å². The summed E-state index contributed by atoms with van der Waals surface area (Å²) in [6, 6.07) is 5.02. The second-order valence-electron chi connectivity index (χ2n) is 5.39. The smallest absolute Gasteiger partial charge is 0.414 e. The van der Waals surface area contributed by atoms with Crippen molar-refractivity contribution in [3.63, 3.8) is 0 Å². The Balaban J connectivity index is 1.72. The molecule has 1 aromatic heterocycles. The molecule has 1 aliphatic heterocycles. The number of nitrogens with one attached hydrogen (secondary N) is 2. The molecule has 3 rings (SSSR count). The standard InChI is InChI=1S/C15H16BrN5O4/c1-8-19-13(25-20-8)11-4-3-9(5-12(11)16)21-7-10(24-15(21)23)6-18-14(22)17-2/h3-5,10H,6-7H2,1-2H3,(H2,17,18,22). The van der Waals surface area contributed by atoms with E-state index in [4.69, 9.17) is 9.26 Å². The normalized spacial score (nSPS) is 16.7. The first kappa shape index (κ1) is 17.2. The van der Waals surface area contributed by atoms with Crippen LogP contribution < -0.4 is 15.5 Å². The quantitative estimate of drug-likeness (QED) is 0.799.